The average molecular weight is 268 g/mol. The van der Waals surface area contributed by atoms with Gasteiger partial charge in [-0.3, -0.25) is 4.79 Å². The van der Waals surface area contributed by atoms with Gasteiger partial charge in [0.15, 0.2) is 0 Å². The van der Waals surface area contributed by atoms with E-state index in [1.807, 2.05) is 21.2 Å². The van der Waals surface area contributed by atoms with E-state index in [0.29, 0.717) is 29.3 Å². The highest BCUT2D eigenvalue weighted by molar-refractivity contribution is 8.00. The monoisotopic (exact) mass is 268 g/mol. The number of thioether (sulfide) groups is 1. The highest BCUT2D eigenvalue weighted by atomic mass is 32.2. The Morgan fingerprint density at radius 3 is 2.78 bits per heavy atom. The van der Waals surface area contributed by atoms with Crippen molar-refractivity contribution in [3.05, 3.63) is 18.2 Å². The van der Waals surface area contributed by atoms with Crippen molar-refractivity contribution in [2.45, 2.75) is 30.9 Å². The normalized spacial score (nSPS) is 24.3. The van der Waals surface area contributed by atoms with Gasteiger partial charge in [-0.05, 0) is 0 Å². The van der Waals surface area contributed by atoms with Gasteiger partial charge in [-0.15, -0.1) is 0 Å². The summed E-state index contributed by atoms with van der Waals surface area (Å²) in [5.74, 6) is 0.0322. The molecule has 1 aliphatic heterocycles. The molecule has 2 heterocycles. The molecule has 2 rings (SSSR count). The quantitative estimate of drug-likeness (QED) is 0.881. The molecule has 6 heteroatoms. The van der Waals surface area contributed by atoms with Crippen LogP contribution in [0.3, 0.4) is 0 Å². The van der Waals surface area contributed by atoms with Gasteiger partial charge in [0.1, 0.15) is 5.69 Å². The third-order valence-electron chi connectivity index (χ3n) is 2.95. The standard InChI is InChI=1S/C12H20N4OS/c1-9-5-16(6-10(2)18-9)12(17)11-7-15(4-3-13)8-14-11/h7-10H,3-6,13H2,1-2H3. The summed E-state index contributed by atoms with van der Waals surface area (Å²) in [4.78, 5) is 18.4. The Bertz CT molecular complexity index is 410. The number of hydrogen-bond donors (Lipinski definition) is 1. The lowest BCUT2D eigenvalue weighted by Crippen LogP contribution is -2.44. The van der Waals surface area contributed by atoms with Gasteiger partial charge in [-0.2, -0.15) is 11.8 Å². The van der Waals surface area contributed by atoms with E-state index in [0.717, 1.165) is 13.1 Å². The molecule has 1 aliphatic rings. The van der Waals surface area contributed by atoms with Crippen LogP contribution >= 0.6 is 11.8 Å². The summed E-state index contributed by atoms with van der Waals surface area (Å²) in [6.07, 6.45) is 3.46. The number of amides is 1. The van der Waals surface area contributed by atoms with Gasteiger partial charge < -0.3 is 15.2 Å². The highest BCUT2D eigenvalue weighted by Gasteiger charge is 2.27. The molecule has 2 atom stereocenters. The molecule has 1 fully saturated rings. The van der Waals surface area contributed by atoms with Gasteiger partial charge in [0.05, 0.1) is 6.33 Å². The molecule has 2 unspecified atom stereocenters. The van der Waals surface area contributed by atoms with Crippen molar-refractivity contribution in [3.8, 4) is 0 Å². The van der Waals surface area contributed by atoms with Crippen LogP contribution in [0.25, 0.3) is 0 Å². The summed E-state index contributed by atoms with van der Waals surface area (Å²) < 4.78 is 1.86. The van der Waals surface area contributed by atoms with Gasteiger partial charge in [0.25, 0.3) is 5.91 Å². The fourth-order valence-electron chi connectivity index (χ4n) is 2.25. The Morgan fingerprint density at radius 1 is 1.50 bits per heavy atom. The Kier molecular flexibility index (Phi) is 4.29. The van der Waals surface area contributed by atoms with E-state index < -0.39 is 0 Å². The Labute approximate surface area is 112 Å². The van der Waals surface area contributed by atoms with Crippen LogP contribution in [0.1, 0.15) is 24.3 Å². The highest BCUT2D eigenvalue weighted by Crippen LogP contribution is 2.25. The number of imidazole rings is 1. The molecule has 5 nitrogen and oxygen atoms in total. The fraction of sp³-hybridized carbons (Fsp3) is 0.667. The topological polar surface area (TPSA) is 64.2 Å². The van der Waals surface area contributed by atoms with E-state index in [4.69, 9.17) is 5.73 Å². The van der Waals surface area contributed by atoms with Gasteiger partial charge in [-0.25, -0.2) is 4.98 Å². The van der Waals surface area contributed by atoms with Gasteiger partial charge >= 0.3 is 0 Å². The van der Waals surface area contributed by atoms with Crippen molar-refractivity contribution in [3.63, 3.8) is 0 Å². The van der Waals surface area contributed by atoms with Crippen LogP contribution in [0.2, 0.25) is 0 Å². The Hall–Kier alpha value is -1.01. The molecule has 2 N–H and O–H groups in total. The molecule has 0 bridgehead atoms. The number of rotatable bonds is 3. The summed E-state index contributed by atoms with van der Waals surface area (Å²) >= 11 is 1.93. The third kappa shape index (κ3) is 3.05. The predicted molar refractivity (Wildman–Crippen MR) is 73.7 cm³/mol. The van der Waals surface area contributed by atoms with E-state index in [-0.39, 0.29) is 5.91 Å². The van der Waals surface area contributed by atoms with Gasteiger partial charge in [0.2, 0.25) is 0 Å². The lowest BCUT2D eigenvalue weighted by Gasteiger charge is -2.34. The van der Waals surface area contributed by atoms with Gasteiger partial charge in [0, 0.05) is 42.9 Å². The summed E-state index contributed by atoms with van der Waals surface area (Å²) in [6.45, 7) is 7.18. The zero-order valence-corrected chi connectivity index (χ0v) is 11.7. The van der Waals surface area contributed by atoms with Crippen LogP contribution in [0.4, 0.5) is 0 Å². The lowest BCUT2D eigenvalue weighted by atomic mass is 10.3. The van der Waals surface area contributed by atoms with Crippen molar-refractivity contribution >= 4 is 17.7 Å². The van der Waals surface area contributed by atoms with Crippen LogP contribution in [-0.2, 0) is 6.54 Å². The van der Waals surface area contributed by atoms with E-state index in [1.54, 1.807) is 12.5 Å². The molecular formula is C12H20N4OS. The predicted octanol–water partition coefficient (Wildman–Crippen LogP) is 0.808. The lowest BCUT2D eigenvalue weighted by molar-refractivity contribution is 0.0748. The van der Waals surface area contributed by atoms with Crippen LogP contribution in [0.5, 0.6) is 0 Å². The largest absolute Gasteiger partial charge is 0.335 e. The smallest absolute Gasteiger partial charge is 0.274 e. The summed E-state index contributed by atoms with van der Waals surface area (Å²) in [6, 6.07) is 0. The van der Waals surface area contributed by atoms with E-state index >= 15 is 0 Å². The van der Waals surface area contributed by atoms with Crippen molar-refractivity contribution in [2.75, 3.05) is 19.6 Å². The van der Waals surface area contributed by atoms with Crippen LogP contribution in [0, 0.1) is 0 Å². The molecule has 0 aliphatic carbocycles. The van der Waals surface area contributed by atoms with Crippen molar-refractivity contribution in [1.82, 2.24) is 14.5 Å². The zero-order valence-electron chi connectivity index (χ0n) is 10.9. The molecule has 100 valence electrons. The molecule has 0 aromatic carbocycles. The zero-order chi connectivity index (χ0) is 13.1. The first-order valence-electron chi connectivity index (χ1n) is 6.26. The second-order valence-electron chi connectivity index (χ2n) is 4.75. The molecule has 1 amide bonds. The number of nitrogens with two attached hydrogens (primary N) is 1. The van der Waals surface area contributed by atoms with Crippen molar-refractivity contribution in [2.24, 2.45) is 5.73 Å². The molecular weight excluding hydrogens is 248 g/mol. The maximum absolute atomic E-state index is 12.3. The number of carbonyl (C=O) groups excluding carboxylic acids is 1. The molecule has 0 spiro atoms. The van der Waals surface area contributed by atoms with Crippen LogP contribution in [-0.4, -0.2) is 50.5 Å². The van der Waals surface area contributed by atoms with Crippen LogP contribution in [0.15, 0.2) is 12.5 Å². The van der Waals surface area contributed by atoms with E-state index in [1.165, 1.54) is 0 Å². The van der Waals surface area contributed by atoms with E-state index in [2.05, 4.69) is 18.8 Å². The Balaban J connectivity index is 2.05. The second-order valence-corrected chi connectivity index (χ2v) is 6.63. The average Bonchev–Trinajstić information content (AvgIpc) is 2.76. The molecule has 1 aromatic rings. The molecule has 1 aromatic heterocycles. The van der Waals surface area contributed by atoms with Crippen molar-refractivity contribution < 1.29 is 4.79 Å². The number of carbonyl (C=O) groups is 1. The minimum atomic E-state index is 0.0322. The number of hydrogen-bond acceptors (Lipinski definition) is 4. The third-order valence-corrected chi connectivity index (χ3v) is 4.17. The fourth-order valence-corrected chi connectivity index (χ4v) is 3.57. The van der Waals surface area contributed by atoms with E-state index in [9.17, 15) is 4.79 Å². The minimum absolute atomic E-state index is 0.0322. The maximum atomic E-state index is 12.3. The molecule has 18 heavy (non-hydrogen) atoms. The summed E-state index contributed by atoms with van der Waals surface area (Å²) in [5, 5.41) is 0.979. The minimum Gasteiger partial charge on any atom is -0.335 e. The maximum Gasteiger partial charge on any atom is 0.274 e. The summed E-state index contributed by atoms with van der Waals surface area (Å²) in [5.41, 5.74) is 6.00. The SMILES string of the molecule is CC1CN(C(=O)c2cn(CCN)cn2)CC(C)S1. The molecule has 1 saturated heterocycles. The first-order chi connectivity index (χ1) is 8.60. The number of nitrogens with zero attached hydrogens (tertiary/aromatic N) is 3. The van der Waals surface area contributed by atoms with Gasteiger partial charge in [-0.1, -0.05) is 13.8 Å². The Morgan fingerprint density at radius 2 is 2.17 bits per heavy atom. The second kappa shape index (κ2) is 5.75. The molecule has 0 saturated carbocycles. The van der Waals surface area contributed by atoms with Crippen molar-refractivity contribution in [1.29, 1.82) is 0 Å². The van der Waals surface area contributed by atoms with Crippen LogP contribution < -0.4 is 5.73 Å². The molecule has 0 radical (unpaired) electrons. The summed E-state index contributed by atoms with van der Waals surface area (Å²) in [7, 11) is 0. The number of aromatic nitrogens is 2. The first kappa shape index (κ1) is 13.4. The first-order valence-corrected chi connectivity index (χ1v) is 7.21.